The molecule has 20 heavy (non-hydrogen) atoms. The first-order valence-electron chi connectivity index (χ1n) is 6.44. The van der Waals surface area contributed by atoms with E-state index in [4.69, 9.17) is 25.6 Å². The van der Waals surface area contributed by atoms with Crippen molar-refractivity contribution in [3.05, 3.63) is 12.7 Å². The Morgan fingerprint density at radius 2 is 1.70 bits per heavy atom. The summed E-state index contributed by atoms with van der Waals surface area (Å²) in [6, 6.07) is 0. The zero-order valence-corrected chi connectivity index (χ0v) is 16.8. The first-order valence-corrected chi connectivity index (χ1v) is 15.0. The molecule has 0 aromatic carbocycles. The van der Waals surface area contributed by atoms with Gasteiger partial charge in [-0.2, -0.15) is 0 Å². The number of rotatable bonds is 5. The SMILES string of the molecule is C=CC(=O)OCCO[Si]1(C)O[SiH](C)O[SiH](C)O[SiH](C)O1. The number of ether oxygens (including phenoxy) is 1. The Kier molecular flexibility index (Phi) is 7.49. The minimum absolute atomic E-state index is 0.138. The third kappa shape index (κ3) is 6.55. The third-order valence-corrected chi connectivity index (χ3v) is 15.3. The van der Waals surface area contributed by atoms with Crippen molar-refractivity contribution in [3.8, 4) is 0 Å². The quantitative estimate of drug-likeness (QED) is 0.296. The summed E-state index contributed by atoms with van der Waals surface area (Å²) in [7, 11) is -8.03. The summed E-state index contributed by atoms with van der Waals surface area (Å²) in [5.41, 5.74) is 0. The van der Waals surface area contributed by atoms with Gasteiger partial charge in [0, 0.05) is 12.6 Å². The van der Waals surface area contributed by atoms with E-state index < -0.39 is 42.6 Å². The van der Waals surface area contributed by atoms with Crippen molar-refractivity contribution in [1.29, 1.82) is 0 Å². The minimum Gasteiger partial charge on any atom is -0.460 e. The summed E-state index contributed by atoms with van der Waals surface area (Å²) in [5, 5.41) is 0. The molecule has 1 rings (SSSR count). The molecule has 11 heteroatoms. The van der Waals surface area contributed by atoms with Crippen LogP contribution < -0.4 is 0 Å². The van der Waals surface area contributed by atoms with Gasteiger partial charge in [0.1, 0.15) is 6.61 Å². The topological polar surface area (TPSA) is 72.5 Å². The first kappa shape index (κ1) is 17.9. The Bertz CT molecular complexity index is 328. The van der Waals surface area contributed by atoms with Crippen molar-refractivity contribution in [2.24, 2.45) is 0 Å². The molecule has 0 radical (unpaired) electrons. The van der Waals surface area contributed by atoms with E-state index in [-0.39, 0.29) is 13.2 Å². The van der Waals surface area contributed by atoms with Crippen molar-refractivity contribution in [3.63, 3.8) is 0 Å². The lowest BCUT2D eigenvalue weighted by atomic mass is 10.6. The fraction of sp³-hybridized carbons (Fsp3) is 0.667. The molecule has 1 heterocycles. The fourth-order valence-electron chi connectivity index (χ4n) is 1.75. The van der Waals surface area contributed by atoms with Gasteiger partial charge in [0.25, 0.3) is 9.28 Å². The van der Waals surface area contributed by atoms with Crippen LogP contribution in [0, 0.1) is 0 Å². The molecule has 0 saturated carbocycles. The predicted molar refractivity (Wildman–Crippen MR) is 82.1 cm³/mol. The molecule has 2 atom stereocenters. The second-order valence-corrected chi connectivity index (χ2v) is 13.8. The molecule has 0 aliphatic carbocycles. The van der Waals surface area contributed by atoms with E-state index >= 15 is 0 Å². The minimum atomic E-state index is -2.78. The monoisotopic (exact) mass is 354 g/mol. The second kappa shape index (κ2) is 8.35. The summed E-state index contributed by atoms with van der Waals surface area (Å²) >= 11 is 0. The van der Waals surface area contributed by atoms with Gasteiger partial charge in [0.2, 0.25) is 0 Å². The van der Waals surface area contributed by atoms with Gasteiger partial charge in [-0.3, -0.25) is 0 Å². The van der Waals surface area contributed by atoms with Crippen LogP contribution in [-0.4, -0.2) is 55.8 Å². The molecule has 0 N–H and O–H groups in total. The molecule has 0 bridgehead atoms. The lowest BCUT2D eigenvalue weighted by Gasteiger charge is -2.35. The average Bonchev–Trinajstić information content (AvgIpc) is 2.31. The molecule has 1 aliphatic heterocycles. The molecular weight excluding hydrogens is 332 g/mol. The van der Waals surface area contributed by atoms with Crippen molar-refractivity contribution in [2.45, 2.75) is 26.2 Å². The van der Waals surface area contributed by atoms with Gasteiger partial charge < -0.3 is 25.6 Å². The summed E-state index contributed by atoms with van der Waals surface area (Å²) in [5.74, 6) is -0.475. The molecule has 0 aromatic heterocycles. The molecule has 7 nitrogen and oxygen atoms in total. The van der Waals surface area contributed by atoms with Gasteiger partial charge in [-0.1, -0.05) is 6.58 Å². The largest absolute Gasteiger partial charge is 0.479 e. The van der Waals surface area contributed by atoms with E-state index in [9.17, 15) is 4.79 Å². The normalized spacial score (nSPS) is 34.9. The standard InChI is InChI=1S/C9H22O7Si4/c1-6-9(10)11-7-8-12-20(5)15-18(3)13-17(2)14-19(4)16-20/h6,17-19H,1,7-8H2,2-5H3. The summed E-state index contributed by atoms with van der Waals surface area (Å²) in [6.45, 7) is 11.3. The maximum Gasteiger partial charge on any atom is 0.479 e. The van der Waals surface area contributed by atoms with Crippen LogP contribution >= 0.6 is 0 Å². The van der Waals surface area contributed by atoms with Gasteiger partial charge in [0.05, 0.1) is 6.61 Å². The van der Waals surface area contributed by atoms with Crippen LogP contribution in [0.1, 0.15) is 0 Å². The van der Waals surface area contributed by atoms with Crippen LogP contribution in [0.5, 0.6) is 0 Å². The van der Waals surface area contributed by atoms with Crippen LogP contribution in [0.25, 0.3) is 0 Å². The van der Waals surface area contributed by atoms with Crippen molar-refractivity contribution in [1.82, 2.24) is 0 Å². The smallest absolute Gasteiger partial charge is 0.460 e. The molecule has 0 aromatic rings. The van der Waals surface area contributed by atoms with E-state index in [1.165, 1.54) is 0 Å². The van der Waals surface area contributed by atoms with Gasteiger partial charge in [0.15, 0.2) is 0 Å². The molecule has 1 fully saturated rings. The van der Waals surface area contributed by atoms with Gasteiger partial charge in [-0.25, -0.2) is 4.79 Å². The molecule has 1 aliphatic rings. The van der Waals surface area contributed by atoms with Crippen molar-refractivity contribution >= 4 is 42.6 Å². The molecule has 1 saturated heterocycles. The zero-order valence-electron chi connectivity index (χ0n) is 12.3. The van der Waals surface area contributed by atoms with E-state index in [0.29, 0.717) is 0 Å². The number of carbonyl (C=O) groups excluding carboxylic acids is 1. The van der Waals surface area contributed by atoms with Gasteiger partial charge in [-0.15, -0.1) is 0 Å². The van der Waals surface area contributed by atoms with E-state index in [1.54, 1.807) is 0 Å². The Morgan fingerprint density at radius 1 is 1.15 bits per heavy atom. The Labute approximate surface area is 125 Å². The van der Waals surface area contributed by atoms with Crippen LogP contribution in [0.4, 0.5) is 0 Å². The number of esters is 1. The van der Waals surface area contributed by atoms with Crippen LogP contribution in [0.15, 0.2) is 12.7 Å². The summed E-state index contributed by atoms with van der Waals surface area (Å²) in [4.78, 5) is 10.9. The van der Waals surface area contributed by atoms with Gasteiger partial charge in [-0.05, 0) is 19.6 Å². The van der Waals surface area contributed by atoms with Crippen LogP contribution in [-0.2, 0) is 30.4 Å². The summed E-state index contributed by atoms with van der Waals surface area (Å²) < 4.78 is 33.8. The molecule has 116 valence electrons. The maximum absolute atomic E-state index is 10.9. The molecule has 2 unspecified atom stereocenters. The number of hydrogen-bond donors (Lipinski definition) is 0. The summed E-state index contributed by atoms with van der Waals surface area (Å²) in [6.07, 6.45) is 1.11. The number of hydrogen-bond acceptors (Lipinski definition) is 7. The zero-order chi connectivity index (χ0) is 15.2. The lowest BCUT2D eigenvalue weighted by Crippen LogP contribution is -2.55. The molecule has 0 spiro atoms. The first-order chi connectivity index (χ1) is 9.34. The highest BCUT2D eigenvalue weighted by Crippen LogP contribution is 2.17. The maximum atomic E-state index is 10.9. The predicted octanol–water partition coefficient (Wildman–Crippen LogP) is -0.0682. The molecule has 0 amide bonds. The Hall–Kier alpha value is -0.122. The highest BCUT2D eigenvalue weighted by Gasteiger charge is 2.42. The Balaban J connectivity index is 2.46. The van der Waals surface area contributed by atoms with E-state index in [2.05, 4.69) is 6.58 Å². The van der Waals surface area contributed by atoms with Crippen LogP contribution in [0.3, 0.4) is 0 Å². The third-order valence-electron chi connectivity index (χ3n) is 2.39. The van der Waals surface area contributed by atoms with E-state index in [1.807, 2.05) is 26.2 Å². The Morgan fingerprint density at radius 3 is 2.20 bits per heavy atom. The van der Waals surface area contributed by atoms with Crippen molar-refractivity contribution < 1.29 is 30.4 Å². The highest BCUT2D eigenvalue weighted by atomic mass is 28.5. The van der Waals surface area contributed by atoms with Crippen molar-refractivity contribution in [2.75, 3.05) is 13.2 Å². The molecular formula is C9H22O7Si4. The van der Waals surface area contributed by atoms with Gasteiger partial charge >= 0.3 is 33.3 Å². The lowest BCUT2D eigenvalue weighted by molar-refractivity contribution is -0.138. The van der Waals surface area contributed by atoms with E-state index in [0.717, 1.165) is 6.08 Å². The van der Waals surface area contributed by atoms with Crippen LogP contribution in [0.2, 0.25) is 26.2 Å². The highest BCUT2D eigenvalue weighted by molar-refractivity contribution is 6.77. The average molecular weight is 355 g/mol. The second-order valence-electron chi connectivity index (χ2n) is 4.29. The fourth-order valence-corrected chi connectivity index (χ4v) is 14.9. The number of carbonyl (C=O) groups is 1.